The van der Waals surface area contributed by atoms with Crippen molar-refractivity contribution in [3.05, 3.63) is 33.4 Å². The molecule has 106 valence electrons. The third-order valence-corrected chi connectivity index (χ3v) is 2.70. The lowest BCUT2D eigenvalue weighted by atomic mass is 10.0. The Labute approximate surface area is 108 Å². The summed E-state index contributed by atoms with van der Waals surface area (Å²) in [5.74, 6) is 0.119. The van der Waals surface area contributed by atoms with Crippen molar-refractivity contribution in [2.45, 2.75) is 32.4 Å². The molecule has 4 nitrogen and oxygen atoms in total. The number of alkyl halides is 3. The summed E-state index contributed by atoms with van der Waals surface area (Å²) >= 11 is 0. The first-order valence-corrected chi connectivity index (χ1v) is 5.73. The van der Waals surface area contributed by atoms with Crippen LogP contribution in [-0.4, -0.2) is 12.0 Å². The number of methoxy groups -OCH3 is 1. The van der Waals surface area contributed by atoms with E-state index >= 15 is 0 Å². The van der Waals surface area contributed by atoms with E-state index in [0.29, 0.717) is 18.4 Å². The Bertz CT molecular complexity index is 472. The number of unbranched alkanes of at least 4 members (excludes halogenated alkanes) is 1. The summed E-state index contributed by atoms with van der Waals surface area (Å²) in [6, 6.07) is 1.65. The minimum Gasteiger partial charge on any atom is -0.496 e. The van der Waals surface area contributed by atoms with Crippen LogP contribution in [0.2, 0.25) is 0 Å². The van der Waals surface area contributed by atoms with Crippen molar-refractivity contribution in [2.75, 3.05) is 7.11 Å². The molecule has 0 aliphatic carbocycles. The highest BCUT2D eigenvalue weighted by molar-refractivity contribution is 5.52. The van der Waals surface area contributed by atoms with Crippen molar-refractivity contribution in [2.24, 2.45) is 0 Å². The molecule has 0 amide bonds. The minimum atomic E-state index is -4.75. The fourth-order valence-corrected chi connectivity index (χ4v) is 1.74. The van der Waals surface area contributed by atoms with E-state index in [9.17, 15) is 23.3 Å². The maximum absolute atomic E-state index is 12.8. The Hall–Kier alpha value is -1.79. The quantitative estimate of drug-likeness (QED) is 0.604. The van der Waals surface area contributed by atoms with Gasteiger partial charge >= 0.3 is 6.18 Å². The summed E-state index contributed by atoms with van der Waals surface area (Å²) in [5.41, 5.74) is -1.88. The van der Waals surface area contributed by atoms with Gasteiger partial charge in [-0.15, -0.1) is 0 Å². The fourth-order valence-electron chi connectivity index (χ4n) is 1.74. The molecule has 19 heavy (non-hydrogen) atoms. The van der Waals surface area contributed by atoms with Crippen LogP contribution in [0.15, 0.2) is 12.1 Å². The molecule has 0 fully saturated rings. The van der Waals surface area contributed by atoms with Crippen LogP contribution in [0.25, 0.3) is 0 Å². The number of nitrogens with zero attached hydrogens (tertiary/aromatic N) is 1. The molecule has 0 aromatic heterocycles. The van der Waals surface area contributed by atoms with Gasteiger partial charge in [0.05, 0.1) is 18.1 Å². The standard InChI is InChI=1S/C12H14F3NO3/c1-3-4-5-8-6-9(12(13,14)15)10(16(17)18)7-11(8)19-2/h6-7H,3-5H2,1-2H3. The number of hydrogen-bond acceptors (Lipinski definition) is 3. The number of nitro groups is 1. The Kier molecular flexibility index (Phi) is 4.74. The second kappa shape index (κ2) is 5.90. The lowest BCUT2D eigenvalue weighted by Crippen LogP contribution is -2.10. The molecule has 0 aliphatic heterocycles. The van der Waals surface area contributed by atoms with E-state index in [-0.39, 0.29) is 5.75 Å². The highest BCUT2D eigenvalue weighted by atomic mass is 19.4. The van der Waals surface area contributed by atoms with Gasteiger partial charge in [0.2, 0.25) is 0 Å². The lowest BCUT2D eigenvalue weighted by Gasteiger charge is -2.13. The molecule has 0 spiro atoms. The van der Waals surface area contributed by atoms with Crippen molar-refractivity contribution in [3.8, 4) is 5.75 Å². The van der Waals surface area contributed by atoms with E-state index in [4.69, 9.17) is 4.74 Å². The molecule has 0 unspecified atom stereocenters. The molecule has 1 aromatic rings. The van der Waals surface area contributed by atoms with Gasteiger partial charge in [0.15, 0.2) is 0 Å². The summed E-state index contributed by atoms with van der Waals surface area (Å²) < 4.78 is 43.3. The summed E-state index contributed by atoms with van der Waals surface area (Å²) in [7, 11) is 1.28. The molecule has 0 heterocycles. The van der Waals surface area contributed by atoms with E-state index < -0.39 is 22.4 Å². The van der Waals surface area contributed by atoms with Gasteiger partial charge in [-0.05, 0) is 24.5 Å². The molecule has 0 bridgehead atoms. The summed E-state index contributed by atoms with van der Waals surface area (Å²) in [5, 5.41) is 10.7. The van der Waals surface area contributed by atoms with Crippen molar-refractivity contribution in [3.63, 3.8) is 0 Å². The lowest BCUT2D eigenvalue weighted by molar-refractivity contribution is -0.388. The van der Waals surface area contributed by atoms with Crippen LogP contribution < -0.4 is 4.74 Å². The molecule has 0 radical (unpaired) electrons. The number of aryl methyl sites for hydroxylation is 1. The van der Waals surface area contributed by atoms with Gasteiger partial charge < -0.3 is 4.74 Å². The Balaban J connectivity index is 3.38. The SMILES string of the molecule is CCCCc1cc(C(F)(F)F)c([N+](=O)[O-])cc1OC. The summed E-state index contributed by atoms with van der Waals surface area (Å²) in [4.78, 5) is 9.67. The predicted octanol–water partition coefficient (Wildman–Crippen LogP) is 3.96. The van der Waals surface area contributed by atoms with E-state index in [1.54, 1.807) is 0 Å². The fraction of sp³-hybridized carbons (Fsp3) is 0.500. The second-order valence-corrected chi connectivity index (χ2v) is 4.04. The maximum Gasteiger partial charge on any atom is 0.423 e. The van der Waals surface area contributed by atoms with Gasteiger partial charge in [-0.25, -0.2) is 0 Å². The molecule has 0 N–H and O–H groups in total. The zero-order chi connectivity index (χ0) is 14.6. The van der Waals surface area contributed by atoms with E-state index in [1.807, 2.05) is 6.92 Å². The summed E-state index contributed by atoms with van der Waals surface area (Å²) in [6.07, 6.45) is -2.87. The van der Waals surface area contributed by atoms with Crippen LogP contribution in [0.1, 0.15) is 30.9 Å². The van der Waals surface area contributed by atoms with E-state index in [1.165, 1.54) is 7.11 Å². The normalized spacial score (nSPS) is 11.4. The summed E-state index contributed by atoms with van der Waals surface area (Å²) in [6.45, 7) is 1.91. The van der Waals surface area contributed by atoms with E-state index in [2.05, 4.69) is 0 Å². The zero-order valence-electron chi connectivity index (χ0n) is 10.6. The second-order valence-electron chi connectivity index (χ2n) is 4.04. The van der Waals surface area contributed by atoms with Crippen molar-refractivity contribution >= 4 is 5.69 Å². The number of rotatable bonds is 5. The van der Waals surface area contributed by atoms with Crippen LogP contribution in [0.4, 0.5) is 18.9 Å². The van der Waals surface area contributed by atoms with Crippen molar-refractivity contribution in [1.82, 2.24) is 0 Å². The largest absolute Gasteiger partial charge is 0.496 e. The molecule has 0 aliphatic rings. The molecule has 0 saturated carbocycles. The first-order chi connectivity index (χ1) is 8.81. The molecular weight excluding hydrogens is 263 g/mol. The Morgan fingerprint density at radius 3 is 2.42 bits per heavy atom. The number of ether oxygens (including phenoxy) is 1. The average molecular weight is 277 g/mol. The van der Waals surface area contributed by atoms with Gasteiger partial charge in [-0.2, -0.15) is 13.2 Å². The Morgan fingerprint density at radius 1 is 1.37 bits per heavy atom. The molecule has 1 rings (SSSR count). The maximum atomic E-state index is 12.8. The Morgan fingerprint density at radius 2 is 2.00 bits per heavy atom. The smallest absolute Gasteiger partial charge is 0.423 e. The van der Waals surface area contributed by atoms with Crippen molar-refractivity contribution in [1.29, 1.82) is 0 Å². The predicted molar refractivity (Wildman–Crippen MR) is 63.3 cm³/mol. The third kappa shape index (κ3) is 3.59. The van der Waals surface area contributed by atoms with Gasteiger partial charge in [0, 0.05) is 0 Å². The highest BCUT2D eigenvalue weighted by Crippen LogP contribution is 2.40. The molecular formula is C12H14F3NO3. The number of benzene rings is 1. The van der Waals surface area contributed by atoms with Crippen LogP contribution in [0, 0.1) is 10.1 Å². The van der Waals surface area contributed by atoms with Crippen molar-refractivity contribution < 1.29 is 22.8 Å². The molecule has 0 atom stereocenters. The minimum absolute atomic E-state index is 0.119. The van der Waals surface area contributed by atoms with E-state index in [0.717, 1.165) is 18.6 Å². The zero-order valence-corrected chi connectivity index (χ0v) is 10.6. The van der Waals surface area contributed by atoms with Gasteiger partial charge in [-0.3, -0.25) is 10.1 Å². The van der Waals surface area contributed by atoms with Crippen LogP contribution in [0.5, 0.6) is 5.75 Å². The topological polar surface area (TPSA) is 52.4 Å². The number of halogens is 3. The molecule has 1 aromatic carbocycles. The molecule has 0 saturated heterocycles. The monoisotopic (exact) mass is 277 g/mol. The molecule has 7 heteroatoms. The van der Waals surface area contributed by atoms with Gasteiger partial charge in [0.25, 0.3) is 5.69 Å². The highest BCUT2D eigenvalue weighted by Gasteiger charge is 2.39. The first-order valence-electron chi connectivity index (χ1n) is 5.73. The number of hydrogen-bond donors (Lipinski definition) is 0. The van der Waals surface area contributed by atoms with Crippen LogP contribution in [0.3, 0.4) is 0 Å². The average Bonchev–Trinajstić information content (AvgIpc) is 2.33. The van der Waals surface area contributed by atoms with Gasteiger partial charge in [0.1, 0.15) is 11.3 Å². The third-order valence-electron chi connectivity index (χ3n) is 2.70. The number of nitro benzene ring substituents is 1. The van der Waals surface area contributed by atoms with Crippen LogP contribution >= 0.6 is 0 Å². The first kappa shape index (κ1) is 15.3. The van der Waals surface area contributed by atoms with Gasteiger partial charge in [-0.1, -0.05) is 13.3 Å². The van der Waals surface area contributed by atoms with Crippen LogP contribution in [-0.2, 0) is 12.6 Å².